The van der Waals surface area contributed by atoms with Crippen molar-refractivity contribution in [2.45, 2.75) is 19.6 Å². The number of nitrogens with zero attached hydrogens (tertiary/aromatic N) is 3. The number of morpholine rings is 1. The van der Waals surface area contributed by atoms with Gasteiger partial charge in [-0.1, -0.05) is 12.1 Å². The number of amides is 1. The van der Waals surface area contributed by atoms with E-state index in [4.69, 9.17) is 4.74 Å². The second-order valence-corrected chi connectivity index (χ2v) is 6.88. The summed E-state index contributed by atoms with van der Waals surface area (Å²) in [5, 5.41) is 1.05. The lowest BCUT2D eigenvalue weighted by Crippen LogP contribution is -2.47. The average molecular weight is 319 g/mol. The number of carbonyl (C=O) groups is 1. The number of hydrogen-bond acceptors (Lipinski definition) is 5. The summed E-state index contributed by atoms with van der Waals surface area (Å²) >= 11 is 1.69. The lowest BCUT2D eigenvalue weighted by Gasteiger charge is -2.32. The van der Waals surface area contributed by atoms with Gasteiger partial charge in [0.05, 0.1) is 36.0 Å². The fourth-order valence-corrected chi connectivity index (χ4v) is 3.70. The van der Waals surface area contributed by atoms with Crippen molar-refractivity contribution in [3.63, 3.8) is 0 Å². The largest absolute Gasteiger partial charge is 0.375 e. The van der Waals surface area contributed by atoms with Crippen LogP contribution in [0.1, 0.15) is 11.9 Å². The molecular weight excluding hydrogens is 298 g/mol. The van der Waals surface area contributed by atoms with Crippen molar-refractivity contribution in [1.82, 2.24) is 14.8 Å². The summed E-state index contributed by atoms with van der Waals surface area (Å²) < 4.78 is 6.67. The molecule has 1 amide bonds. The molecular formula is C16H21N3O2S. The summed E-state index contributed by atoms with van der Waals surface area (Å²) in [5.74, 6) is 0.166. The van der Waals surface area contributed by atoms with Crippen LogP contribution in [0.2, 0.25) is 0 Å². The predicted octanol–water partition coefficient (Wildman–Crippen LogP) is 1.98. The summed E-state index contributed by atoms with van der Waals surface area (Å²) in [6.07, 6.45) is 0.132. The molecule has 22 heavy (non-hydrogen) atoms. The summed E-state index contributed by atoms with van der Waals surface area (Å²) in [4.78, 5) is 20.9. The number of hydrogen-bond donors (Lipinski definition) is 0. The number of benzene rings is 1. The van der Waals surface area contributed by atoms with Crippen LogP contribution in [0.4, 0.5) is 0 Å². The molecule has 1 aliphatic rings. The zero-order chi connectivity index (χ0) is 15.5. The van der Waals surface area contributed by atoms with Crippen LogP contribution in [0.25, 0.3) is 10.2 Å². The van der Waals surface area contributed by atoms with E-state index in [1.807, 2.05) is 42.0 Å². The molecule has 1 aromatic carbocycles. The van der Waals surface area contributed by atoms with Gasteiger partial charge in [-0.25, -0.2) is 4.98 Å². The zero-order valence-corrected chi connectivity index (χ0v) is 13.8. The first-order valence-corrected chi connectivity index (χ1v) is 8.36. The Bertz CT molecular complexity index is 625. The number of aromatic nitrogens is 1. The molecule has 2 heterocycles. The molecule has 0 radical (unpaired) electrons. The molecule has 1 saturated heterocycles. The smallest absolute Gasteiger partial charge is 0.236 e. The molecule has 0 spiro atoms. The van der Waals surface area contributed by atoms with Gasteiger partial charge in [0.2, 0.25) is 5.91 Å². The molecule has 0 aliphatic carbocycles. The predicted molar refractivity (Wildman–Crippen MR) is 87.9 cm³/mol. The number of fused-ring (bicyclic) bond motifs is 1. The van der Waals surface area contributed by atoms with Crippen LogP contribution in [-0.4, -0.2) is 60.1 Å². The Hall–Kier alpha value is -1.50. The monoisotopic (exact) mass is 319 g/mol. The van der Waals surface area contributed by atoms with E-state index < -0.39 is 0 Å². The SMILES string of the molecule is CC1CN(C(=O)CN(C)Cc2nc3ccccc3s2)CCO1. The maximum absolute atomic E-state index is 12.3. The van der Waals surface area contributed by atoms with Gasteiger partial charge >= 0.3 is 0 Å². The first-order valence-electron chi connectivity index (χ1n) is 7.54. The molecule has 1 aromatic heterocycles. The number of ether oxygens (including phenoxy) is 1. The van der Waals surface area contributed by atoms with Crippen molar-refractivity contribution in [3.8, 4) is 0 Å². The van der Waals surface area contributed by atoms with E-state index in [2.05, 4.69) is 11.1 Å². The maximum atomic E-state index is 12.3. The minimum absolute atomic E-state index is 0.132. The van der Waals surface area contributed by atoms with E-state index in [1.54, 1.807) is 11.3 Å². The van der Waals surface area contributed by atoms with Gasteiger partial charge in [-0.15, -0.1) is 11.3 Å². The highest BCUT2D eigenvalue weighted by Gasteiger charge is 2.22. The number of likely N-dealkylation sites (N-methyl/N-ethyl adjacent to an activating group) is 1. The molecule has 1 atom stereocenters. The van der Waals surface area contributed by atoms with Crippen LogP contribution < -0.4 is 0 Å². The summed E-state index contributed by atoms with van der Waals surface area (Å²) in [5.41, 5.74) is 1.03. The van der Waals surface area contributed by atoms with Crippen LogP contribution in [0, 0.1) is 0 Å². The van der Waals surface area contributed by atoms with Crippen molar-refractivity contribution in [3.05, 3.63) is 29.3 Å². The third kappa shape index (κ3) is 3.63. The lowest BCUT2D eigenvalue weighted by atomic mass is 10.3. The van der Waals surface area contributed by atoms with E-state index in [0.29, 0.717) is 32.8 Å². The average Bonchev–Trinajstić information content (AvgIpc) is 2.89. The Morgan fingerprint density at radius 3 is 3.09 bits per heavy atom. The van der Waals surface area contributed by atoms with Crippen LogP contribution in [-0.2, 0) is 16.1 Å². The van der Waals surface area contributed by atoms with Gasteiger partial charge in [-0.3, -0.25) is 9.69 Å². The van der Waals surface area contributed by atoms with Gasteiger partial charge in [0.1, 0.15) is 5.01 Å². The summed E-state index contributed by atoms with van der Waals surface area (Å²) in [6, 6.07) is 8.13. The second kappa shape index (κ2) is 6.73. The van der Waals surface area contributed by atoms with Gasteiger partial charge in [0, 0.05) is 13.1 Å². The summed E-state index contributed by atoms with van der Waals surface area (Å²) in [6.45, 7) is 5.14. The lowest BCUT2D eigenvalue weighted by molar-refractivity contribution is -0.139. The van der Waals surface area contributed by atoms with Crippen molar-refractivity contribution >= 4 is 27.5 Å². The Labute approximate surface area is 134 Å². The maximum Gasteiger partial charge on any atom is 0.236 e. The fraction of sp³-hybridized carbons (Fsp3) is 0.500. The molecule has 0 saturated carbocycles. The van der Waals surface area contributed by atoms with Crippen molar-refractivity contribution in [1.29, 1.82) is 0 Å². The molecule has 5 nitrogen and oxygen atoms in total. The molecule has 0 bridgehead atoms. The Morgan fingerprint density at radius 2 is 2.32 bits per heavy atom. The number of para-hydroxylation sites is 1. The van der Waals surface area contributed by atoms with Crippen molar-refractivity contribution in [2.75, 3.05) is 33.3 Å². The standard InChI is InChI=1S/C16H21N3O2S/c1-12-9-19(7-8-21-12)16(20)11-18(2)10-15-17-13-5-3-4-6-14(13)22-15/h3-6,12H,7-11H2,1-2H3. The number of rotatable bonds is 4. The van der Waals surface area contributed by atoms with Crippen molar-refractivity contribution in [2.24, 2.45) is 0 Å². The molecule has 2 aromatic rings. The molecule has 118 valence electrons. The van der Waals surface area contributed by atoms with Gasteiger partial charge in [-0.05, 0) is 26.1 Å². The Morgan fingerprint density at radius 1 is 1.50 bits per heavy atom. The quantitative estimate of drug-likeness (QED) is 0.864. The third-order valence-corrected chi connectivity index (χ3v) is 4.76. The van der Waals surface area contributed by atoms with E-state index in [0.717, 1.165) is 10.5 Å². The fourth-order valence-electron chi connectivity index (χ4n) is 2.65. The molecule has 1 fully saturated rings. The van der Waals surface area contributed by atoms with Gasteiger partial charge < -0.3 is 9.64 Å². The van der Waals surface area contributed by atoms with Crippen LogP contribution in [0.3, 0.4) is 0 Å². The van der Waals surface area contributed by atoms with E-state index in [9.17, 15) is 4.79 Å². The normalized spacial score (nSPS) is 19.0. The van der Waals surface area contributed by atoms with E-state index >= 15 is 0 Å². The highest BCUT2D eigenvalue weighted by atomic mass is 32.1. The first kappa shape index (κ1) is 15.4. The topological polar surface area (TPSA) is 45.7 Å². The van der Waals surface area contributed by atoms with Gasteiger partial charge in [0.25, 0.3) is 0 Å². The third-order valence-electron chi connectivity index (χ3n) is 3.74. The number of thiazole rings is 1. The zero-order valence-electron chi connectivity index (χ0n) is 13.0. The van der Waals surface area contributed by atoms with Gasteiger partial charge in [0.15, 0.2) is 0 Å². The van der Waals surface area contributed by atoms with Crippen LogP contribution >= 0.6 is 11.3 Å². The Kier molecular flexibility index (Phi) is 4.71. The molecule has 0 N–H and O–H groups in total. The molecule has 1 aliphatic heterocycles. The highest BCUT2D eigenvalue weighted by Crippen LogP contribution is 2.22. The summed E-state index contributed by atoms with van der Waals surface area (Å²) in [7, 11) is 1.97. The Balaban J connectivity index is 1.57. The van der Waals surface area contributed by atoms with E-state index in [-0.39, 0.29) is 12.0 Å². The van der Waals surface area contributed by atoms with Gasteiger partial charge in [-0.2, -0.15) is 0 Å². The molecule has 6 heteroatoms. The number of carbonyl (C=O) groups excluding carboxylic acids is 1. The second-order valence-electron chi connectivity index (χ2n) is 5.77. The highest BCUT2D eigenvalue weighted by molar-refractivity contribution is 7.18. The van der Waals surface area contributed by atoms with Crippen LogP contribution in [0.5, 0.6) is 0 Å². The minimum Gasteiger partial charge on any atom is -0.375 e. The van der Waals surface area contributed by atoms with Crippen molar-refractivity contribution < 1.29 is 9.53 Å². The van der Waals surface area contributed by atoms with E-state index in [1.165, 1.54) is 4.70 Å². The first-order chi connectivity index (χ1) is 10.6. The van der Waals surface area contributed by atoms with Crippen LogP contribution in [0.15, 0.2) is 24.3 Å². The minimum atomic E-state index is 0.132. The molecule has 3 rings (SSSR count). The molecule has 1 unspecified atom stereocenters.